The van der Waals surface area contributed by atoms with E-state index in [0.717, 1.165) is 45.1 Å². The Kier molecular flexibility index (Phi) is 4.83. The summed E-state index contributed by atoms with van der Waals surface area (Å²) in [6.07, 6.45) is 1.12. The van der Waals surface area contributed by atoms with Crippen LogP contribution in [-0.2, 0) is 11.3 Å². The summed E-state index contributed by atoms with van der Waals surface area (Å²) in [6, 6.07) is 8.30. The van der Waals surface area contributed by atoms with E-state index in [1.807, 2.05) is 12.1 Å². The quantitative estimate of drug-likeness (QED) is 0.820. The van der Waals surface area contributed by atoms with Crippen LogP contribution in [0.4, 0.5) is 0 Å². The lowest BCUT2D eigenvalue weighted by Gasteiger charge is -2.11. The third kappa shape index (κ3) is 4.02. The van der Waals surface area contributed by atoms with E-state index in [1.165, 1.54) is 5.56 Å². The standard InChI is InChI=1S/C14H21NO2/c1-2-15-9-12-4-3-5-14(8-12)17-11-13-6-7-16-10-13/h3-5,8,13,15H,2,6-7,9-11H2,1H3. The summed E-state index contributed by atoms with van der Waals surface area (Å²) in [5.74, 6) is 1.53. The first-order valence-corrected chi connectivity index (χ1v) is 6.38. The molecule has 3 nitrogen and oxygen atoms in total. The van der Waals surface area contributed by atoms with Crippen molar-refractivity contribution in [1.29, 1.82) is 0 Å². The molecule has 2 rings (SSSR count). The zero-order valence-corrected chi connectivity index (χ0v) is 10.4. The van der Waals surface area contributed by atoms with Gasteiger partial charge in [-0.3, -0.25) is 0 Å². The summed E-state index contributed by atoms with van der Waals surface area (Å²) in [7, 11) is 0. The maximum Gasteiger partial charge on any atom is 0.119 e. The fourth-order valence-corrected chi connectivity index (χ4v) is 1.94. The highest BCUT2D eigenvalue weighted by atomic mass is 16.5. The van der Waals surface area contributed by atoms with Crippen LogP contribution < -0.4 is 10.1 Å². The minimum atomic E-state index is 0.562. The average Bonchev–Trinajstić information content (AvgIpc) is 2.87. The van der Waals surface area contributed by atoms with Crippen molar-refractivity contribution in [3.63, 3.8) is 0 Å². The molecule has 1 saturated heterocycles. The molecule has 0 spiro atoms. The lowest BCUT2D eigenvalue weighted by molar-refractivity contribution is 0.167. The van der Waals surface area contributed by atoms with E-state index >= 15 is 0 Å². The van der Waals surface area contributed by atoms with Crippen molar-refractivity contribution in [3.05, 3.63) is 29.8 Å². The Morgan fingerprint density at radius 1 is 1.47 bits per heavy atom. The second kappa shape index (κ2) is 6.62. The van der Waals surface area contributed by atoms with E-state index < -0.39 is 0 Å². The number of nitrogens with one attached hydrogen (secondary N) is 1. The molecule has 0 bridgehead atoms. The van der Waals surface area contributed by atoms with Crippen LogP contribution in [0.25, 0.3) is 0 Å². The maximum absolute atomic E-state index is 5.80. The molecule has 1 aliphatic rings. The SMILES string of the molecule is CCNCc1cccc(OCC2CCOC2)c1. The van der Waals surface area contributed by atoms with E-state index in [-0.39, 0.29) is 0 Å². The van der Waals surface area contributed by atoms with Crippen molar-refractivity contribution in [1.82, 2.24) is 5.32 Å². The van der Waals surface area contributed by atoms with Crippen molar-refractivity contribution >= 4 is 0 Å². The summed E-state index contributed by atoms with van der Waals surface area (Å²) in [5.41, 5.74) is 1.27. The zero-order chi connectivity index (χ0) is 11.9. The van der Waals surface area contributed by atoms with Gasteiger partial charge in [-0.05, 0) is 30.7 Å². The molecule has 1 aromatic rings. The Morgan fingerprint density at radius 2 is 2.41 bits per heavy atom. The highest BCUT2D eigenvalue weighted by molar-refractivity contribution is 5.28. The average molecular weight is 235 g/mol. The van der Waals surface area contributed by atoms with E-state index in [4.69, 9.17) is 9.47 Å². The van der Waals surface area contributed by atoms with Gasteiger partial charge in [-0.25, -0.2) is 0 Å². The predicted molar refractivity (Wildman–Crippen MR) is 68.2 cm³/mol. The van der Waals surface area contributed by atoms with E-state index in [2.05, 4.69) is 24.4 Å². The minimum Gasteiger partial charge on any atom is -0.493 e. The molecule has 1 N–H and O–H groups in total. The largest absolute Gasteiger partial charge is 0.493 e. The molecule has 0 aromatic heterocycles. The van der Waals surface area contributed by atoms with Crippen LogP contribution in [0, 0.1) is 5.92 Å². The van der Waals surface area contributed by atoms with Crippen molar-refractivity contribution in [2.75, 3.05) is 26.4 Å². The zero-order valence-electron chi connectivity index (χ0n) is 10.4. The second-order valence-electron chi connectivity index (χ2n) is 4.47. The summed E-state index contributed by atoms with van der Waals surface area (Å²) >= 11 is 0. The fourth-order valence-electron chi connectivity index (χ4n) is 1.94. The molecule has 0 amide bonds. The van der Waals surface area contributed by atoms with Gasteiger partial charge in [0.25, 0.3) is 0 Å². The summed E-state index contributed by atoms with van der Waals surface area (Å²) in [4.78, 5) is 0. The van der Waals surface area contributed by atoms with Crippen molar-refractivity contribution in [2.24, 2.45) is 5.92 Å². The minimum absolute atomic E-state index is 0.562. The second-order valence-corrected chi connectivity index (χ2v) is 4.47. The Labute approximate surface area is 103 Å². The Hall–Kier alpha value is -1.06. The van der Waals surface area contributed by atoms with E-state index in [9.17, 15) is 0 Å². The third-order valence-electron chi connectivity index (χ3n) is 2.99. The van der Waals surface area contributed by atoms with Gasteiger partial charge in [-0.1, -0.05) is 19.1 Å². The Balaban J connectivity index is 1.82. The normalized spacial score (nSPS) is 19.5. The number of benzene rings is 1. The molecule has 94 valence electrons. The number of ether oxygens (including phenoxy) is 2. The lowest BCUT2D eigenvalue weighted by atomic mass is 10.1. The van der Waals surface area contributed by atoms with Crippen molar-refractivity contribution in [3.8, 4) is 5.75 Å². The first kappa shape index (κ1) is 12.4. The molecule has 1 heterocycles. The number of rotatable bonds is 6. The van der Waals surface area contributed by atoms with Crippen LogP contribution in [0.2, 0.25) is 0 Å². The Bertz CT molecular complexity index is 335. The molecular weight excluding hydrogens is 214 g/mol. The smallest absolute Gasteiger partial charge is 0.119 e. The van der Waals surface area contributed by atoms with Gasteiger partial charge in [-0.2, -0.15) is 0 Å². The maximum atomic E-state index is 5.80. The van der Waals surface area contributed by atoms with Crippen molar-refractivity contribution in [2.45, 2.75) is 19.9 Å². The van der Waals surface area contributed by atoms with Crippen LogP contribution in [0.15, 0.2) is 24.3 Å². The molecule has 1 aromatic carbocycles. The van der Waals surface area contributed by atoms with Crippen molar-refractivity contribution < 1.29 is 9.47 Å². The van der Waals surface area contributed by atoms with Crippen LogP contribution in [0.5, 0.6) is 5.75 Å². The van der Waals surface area contributed by atoms with Crippen LogP contribution >= 0.6 is 0 Å². The molecule has 3 heteroatoms. The number of hydrogen-bond donors (Lipinski definition) is 1. The highest BCUT2D eigenvalue weighted by Crippen LogP contribution is 2.17. The number of hydrogen-bond acceptors (Lipinski definition) is 3. The van der Waals surface area contributed by atoms with Gasteiger partial charge in [0.05, 0.1) is 13.2 Å². The van der Waals surface area contributed by atoms with Crippen LogP contribution in [-0.4, -0.2) is 26.4 Å². The highest BCUT2D eigenvalue weighted by Gasteiger charge is 2.16. The molecular formula is C14H21NO2. The van der Waals surface area contributed by atoms with Gasteiger partial charge < -0.3 is 14.8 Å². The van der Waals surface area contributed by atoms with Gasteiger partial charge in [0.15, 0.2) is 0 Å². The fraction of sp³-hybridized carbons (Fsp3) is 0.571. The first-order valence-electron chi connectivity index (χ1n) is 6.38. The van der Waals surface area contributed by atoms with Gasteiger partial charge in [-0.15, -0.1) is 0 Å². The van der Waals surface area contributed by atoms with Crippen LogP contribution in [0.1, 0.15) is 18.9 Å². The van der Waals surface area contributed by atoms with E-state index in [1.54, 1.807) is 0 Å². The van der Waals surface area contributed by atoms with Crippen LogP contribution in [0.3, 0.4) is 0 Å². The van der Waals surface area contributed by atoms with Gasteiger partial charge in [0.1, 0.15) is 5.75 Å². The molecule has 1 fully saturated rings. The molecule has 1 unspecified atom stereocenters. The van der Waals surface area contributed by atoms with E-state index in [0.29, 0.717) is 5.92 Å². The van der Waals surface area contributed by atoms with Gasteiger partial charge in [0, 0.05) is 19.1 Å². The Morgan fingerprint density at radius 3 is 3.18 bits per heavy atom. The van der Waals surface area contributed by atoms with Gasteiger partial charge in [0.2, 0.25) is 0 Å². The summed E-state index contributed by atoms with van der Waals surface area (Å²) < 4.78 is 11.1. The lowest BCUT2D eigenvalue weighted by Crippen LogP contribution is -2.13. The first-order chi connectivity index (χ1) is 8.38. The molecule has 1 aliphatic heterocycles. The van der Waals surface area contributed by atoms with Gasteiger partial charge >= 0.3 is 0 Å². The molecule has 0 aliphatic carbocycles. The summed E-state index contributed by atoms with van der Waals surface area (Å²) in [5, 5.41) is 3.31. The topological polar surface area (TPSA) is 30.5 Å². The monoisotopic (exact) mass is 235 g/mol. The summed E-state index contributed by atoms with van der Waals surface area (Å²) in [6.45, 7) is 6.50. The molecule has 0 saturated carbocycles. The predicted octanol–water partition coefficient (Wildman–Crippen LogP) is 2.21. The third-order valence-corrected chi connectivity index (χ3v) is 2.99. The molecule has 0 radical (unpaired) electrons. The molecule has 17 heavy (non-hydrogen) atoms. The molecule has 1 atom stereocenters.